The van der Waals surface area contributed by atoms with E-state index in [4.69, 9.17) is 16.3 Å². The summed E-state index contributed by atoms with van der Waals surface area (Å²) in [6.07, 6.45) is 4.17. The first-order chi connectivity index (χ1) is 14.9. The van der Waals surface area contributed by atoms with Gasteiger partial charge in [-0.2, -0.15) is 0 Å². The molecule has 2 fully saturated rings. The number of hydrogen-bond acceptors (Lipinski definition) is 5. The molecule has 8 heteroatoms. The number of pyridine rings is 1. The molecule has 0 saturated carbocycles. The van der Waals surface area contributed by atoms with E-state index in [2.05, 4.69) is 5.32 Å². The Morgan fingerprint density at radius 1 is 1.06 bits per heavy atom. The molecule has 0 radical (unpaired) electrons. The molecule has 2 aliphatic rings. The summed E-state index contributed by atoms with van der Waals surface area (Å²) in [5.41, 5.74) is 2.22. The number of rotatable bonds is 6. The number of ether oxygens (including phenoxy) is 1. The molecule has 164 valence electrons. The van der Waals surface area contributed by atoms with Crippen molar-refractivity contribution in [2.24, 2.45) is 0 Å². The Hall–Kier alpha value is -2.64. The number of aromatic nitrogens is 1. The summed E-state index contributed by atoms with van der Waals surface area (Å²) in [6, 6.07) is 6.96. The average molecular weight is 444 g/mol. The lowest BCUT2D eigenvalue weighted by Gasteiger charge is -2.26. The van der Waals surface area contributed by atoms with Crippen molar-refractivity contribution in [2.45, 2.75) is 51.8 Å². The first kappa shape index (κ1) is 21.6. The van der Waals surface area contributed by atoms with Crippen molar-refractivity contribution in [3.05, 3.63) is 62.5 Å². The maximum absolute atomic E-state index is 12.7. The van der Waals surface area contributed by atoms with Gasteiger partial charge in [-0.15, -0.1) is 0 Å². The van der Waals surface area contributed by atoms with E-state index in [1.54, 1.807) is 16.8 Å². The van der Waals surface area contributed by atoms with E-state index in [-0.39, 0.29) is 42.9 Å². The number of hydrogen-bond donors (Lipinski definition) is 1. The van der Waals surface area contributed by atoms with Crippen LogP contribution >= 0.6 is 11.6 Å². The molecule has 1 aromatic heterocycles. The zero-order valence-electron chi connectivity index (χ0n) is 17.5. The molecular weight excluding hydrogens is 418 g/mol. The lowest BCUT2D eigenvalue weighted by Crippen LogP contribution is -2.34. The predicted octanol–water partition coefficient (Wildman–Crippen LogP) is 2.64. The van der Waals surface area contributed by atoms with Gasteiger partial charge in [-0.05, 0) is 62.2 Å². The van der Waals surface area contributed by atoms with Crippen molar-refractivity contribution >= 4 is 23.4 Å². The van der Waals surface area contributed by atoms with Crippen molar-refractivity contribution in [2.75, 3.05) is 13.1 Å². The third kappa shape index (κ3) is 4.99. The Balaban J connectivity index is 1.55. The van der Waals surface area contributed by atoms with Gasteiger partial charge in [-0.25, -0.2) is 0 Å². The SMILES string of the molecule is Cc1cc(Cl)cc(Cn2ccc(CN3C(=O)CCC3=O)cc2=O)c1OC1CCNCC1. The number of aryl methyl sites for hydroxylation is 1. The van der Waals surface area contributed by atoms with Crippen LogP contribution in [0.4, 0.5) is 0 Å². The maximum atomic E-state index is 12.7. The normalized spacial score (nSPS) is 17.4. The minimum absolute atomic E-state index is 0.133. The molecule has 2 aliphatic heterocycles. The number of amides is 2. The largest absolute Gasteiger partial charge is 0.490 e. The molecule has 0 unspecified atom stereocenters. The summed E-state index contributed by atoms with van der Waals surface area (Å²) in [6.45, 7) is 4.27. The number of halogens is 1. The molecule has 31 heavy (non-hydrogen) atoms. The van der Waals surface area contributed by atoms with Gasteiger partial charge in [0.15, 0.2) is 0 Å². The van der Waals surface area contributed by atoms with Gasteiger partial charge in [-0.3, -0.25) is 19.3 Å². The van der Waals surface area contributed by atoms with Crippen LogP contribution in [0.1, 0.15) is 42.4 Å². The molecule has 0 spiro atoms. The van der Waals surface area contributed by atoms with Gasteiger partial charge < -0.3 is 14.6 Å². The van der Waals surface area contributed by atoms with Crippen LogP contribution in [0.25, 0.3) is 0 Å². The van der Waals surface area contributed by atoms with Gasteiger partial charge >= 0.3 is 0 Å². The highest BCUT2D eigenvalue weighted by Gasteiger charge is 2.28. The van der Waals surface area contributed by atoms with Crippen LogP contribution < -0.4 is 15.6 Å². The second kappa shape index (κ2) is 9.24. The zero-order valence-corrected chi connectivity index (χ0v) is 18.3. The number of benzene rings is 1. The van der Waals surface area contributed by atoms with Gasteiger partial charge in [0.1, 0.15) is 11.9 Å². The monoisotopic (exact) mass is 443 g/mol. The van der Waals surface area contributed by atoms with Crippen LogP contribution in [0.15, 0.2) is 35.3 Å². The van der Waals surface area contributed by atoms with Gasteiger partial charge in [0.2, 0.25) is 11.8 Å². The number of carbonyl (C=O) groups is 2. The Morgan fingerprint density at radius 2 is 1.77 bits per heavy atom. The van der Waals surface area contributed by atoms with Crippen LogP contribution in [0.3, 0.4) is 0 Å². The Bertz CT molecular complexity index is 1040. The van der Waals surface area contributed by atoms with Crippen LogP contribution in [-0.2, 0) is 22.7 Å². The lowest BCUT2D eigenvalue weighted by molar-refractivity contribution is -0.139. The van der Waals surface area contributed by atoms with Crippen LogP contribution in [0.5, 0.6) is 5.75 Å². The Labute approximate surface area is 185 Å². The predicted molar refractivity (Wildman–Crippen MR) is 117 cm³/mol. The van der Waals surface area contributed by atoms with E-state index < -0.39 is 0 Å². The van der Waals surface area contributed by atoms with Gasteiger partial charge in [-0.1, -0.05) is 11.6 Å². The number of nitrogens with one attached hydrogen (secondary N) is 1. The van der Waals surface area contributed by atoms with Crippen LogP contribution in [0.2, 0.25) is 5.02 Å². The average Bonchev–Trinajstić information content (AvgIpc) is 3.05. The first-order valence-electron chi connectivity index (χ1n) is 10.6. The quantitative estimate of drug-likeness (QED) is 0.694. The third-order valence-electron chi connectivity index (χ3n) is 5.78. The van der Waals surface area contributed by atoms with E-state index in [0.717, 1.165) is 42.8 Å². The summed E-state index contributed by atoms with van der Waals surface area (Å²) >= 11 is 6.30. The topological polar surface area (TPSA) is 80.6 Å². The summed E-state index contributed by atoms with van der Waals surface area (Å²) in [4.78, 5) is 37.6. The minimum Gasteiger partial charge on any atom is -0.490 e. The smallest absolute Gasteiger partial charge is 0.251 e. The molecule has 2 aromatic rings. The van der Waals surface area contributed by atoms with Crippen molar-refractivity contribution < 1.29 is 14.3 Å². The standard InChI is InChI=1S/C23H26ClN3O4/c1-15-10-18(24)12-17(23(15)31-19-4-7-25-8-5-19)14-26-9-6-16(11-22(26)30)13-27-20(28)2-3-21(27)29/h6,9-12,19,25H,2-5,7-8,13-14H2,1H3. The van der Waals surface area contributed by atoms with Gasteiger partial charge in [0.05, 0.1) is 13.1 Å². The second-order valence-electron chi connectivity index (χ2n) is 8.15. The maximum Gasteiger partial charge on any atom is 0.251 e. The molecule has 7 nitrogen and oxygen atoms in total. The second-order valence-corrected chi connectivity index (χ2v) is 8.59. The molecule has 0 atom stereocenters. The number of likely N-dealkylation sites (tertiary alicyclic amines) is 1. The molecule has 1 N–H and O–H groups in total. The zero-order chi connectivity index (χ0) is 22.0. The van der Waals surface area contributed by atoms with E-state index in [9.17, 15) is 14.4 Å². The number of piperidine rings is 1. The molecule has 0 bridgehead atoms. The fourth-order valence-electron chi connectivity index (χ4n) is 4.11. The Morgan fingerprint density at radius 3 is 2.45 bits per heavy atom. The number of nitrogens with zero attached hydrogens (tertiary/aromatic N) is 2. The van der Waals surface area contributed by atoms with Crippen LogP contribution in [-0.4, -0.2) is 40.5 Å². The fourth-order valence-corrected chi connectivity index (χ4v) is 4.40. The molecule has 0 aliphatic carbocycles. The Kier molecular flexibility index (Phi) is 6.43. The minimum atomic E-state index is -0.206. The molecule has 2 saturated heterocycles. The summed E-state index contributed by atoms with van der Waals surface area (Å²) in [5.74, 6) is 0.395. The summed E-state index contributed by atoms with van der Waals surface area (Å²) in [5, 5.41) is 3.93. The highest BCUT2D eigenvalue weighted by atomic mass is 35.5. The number of carbonyl (C=O) groups excluding carboxylic acids is 2. The molecule has 4 rings (SSSR count). The van der Waals surface area contributed by atoms with Crippen molar-refractivity contribution in [3.8, 4) is 5.75 Å². The fraction of sp³-hybridized carbons (Fsp3) is 0.435. The number of imide groups is 1. The summed E-state index contributed by atoms with van der Waals surface area (Å²) < 4.78 is 7.91. The van der Waals surface area contributed by atoms with E-state index >= 15 is 0 Å². The third-order valence-corrected chi connectivity index (χ3v) is 6.00. The van der Waals surface area contributed by atoms with Crippen LogP contribution in [0, 0.1) is 6.92 Å². The first-order valence-corrected chi connectivity index (χ1v) is 11.0. The van der Waals surface area contributed by atoms with Gasteiger partial charge in [0, 0.05) is 35.7 Å². The van der Waals surface area contributed by atoms with E-state index in [0.29, 0.717) is 17.1 Å². The molecule has 1 aromatic carbocycles. The van der Waals surface area contributed by atoms with E-state index in [1.807, 2.05) is 19.1 Å². The van der Waals surface area contributed by atoms with Crippen molar-refractivity contribution in [3.63, 3.8) is 0 Å². The van der Waals surface area contributed by atoms with Crippen molar-refractivity contribution in [1.29, 1.82) is 0 Å². The molecule has 2 amide bonds. The van der Waals surface area contributed by atoms with Crippen molar-refractivity contribution in [1.82, 2.24) is 14.8 Å². The molecule has 3 heterocycles. The highest BCUT2D eigenvalue weighted by molar-refractivity contribution is 6.30. The summed E-state index contributed by atoms with van der Waals surface area (Å²) in [7, 11) is 0. The van der Waals surface area contributed by atoms with Gasteiger partial charge in [0.25, 0.3) is 5.56 Å². The van der Waals surface area contributed by atoms with E-state index in [1.165, 1.54) is 11.0 Å². The molecular formula is C23H26ClN3O4. The lowest BCUT2D eigenvalue weighted by atomic mass is 10.1. The highest BCUT2D eigenvalue weighted by Crippen LogP contribution is 2.30.